The molecular formula is C23H36N2O2. The van der Waals surface area contributed by atoms with Gasteiger partial charge < -0.3 is 9.80 Å². The van der Waals surface area contributed by atoms with E-state index >= 15 is 0 Å². The third-order valence-corrected chi connectivity index (χ3v) is 7.50. The van der Waals surface area contributed by atoms with Crippen molar-refractivity contribution >= 4 is 11.8 Å². The highest BCUT2D eigenvalue weighted by atomic mass is 16.2. The molecule has 3 fully saturated rings. The molecule has 0 unspecified atom stereocenters. The second-order valence-electron chi connectivity index (χ2n) is 9.49. The van der Waals surface area contributed by atoms with Crippen molar-refractivity contribution in [3.8, 4) is 0 Å². The van der Waals surface area contributed by atoms with E-state index in [0.29, 0.717) is 24.8 Å². The predicted molar refractivity (Wildman–Crippen MR) is 107 cm³/mol. The summed E-state index contributed by atoms with van der Waals surface area (Å²) in [6, 6.07) is 0. The highest BCUT2D eigenvalue weighted by Gasteiger charge is 2.49. The maximum atomic E-state index is 13.4. The average Bonchev–Trinajstić information content (AvgIpc) is 3.13. The Hall–Kier alpha value is -1.32. The van der Waals surface area contributed by atoms with Crippen LogP contribution in [0, 0.1) is 11.3 Å². The first-order valence-corrected chi connectivity index (χ1v) is 11.4. The van der Waals surface area contributed by atoms with Crippen molar-refractivity contribution in [2.45, 2.75) is 83.5 Å². The summed E-state index contributed by atoms with van der Waals surface area (Å²) < 4.78 is 0. The maximum absolute atomic E-state index is 13.4. The highest BCUT2D eigenvalue weighted by molar-refractivity contribution is 5.86. The molecule has 4 rings (SSSR count). The Bertz CT molecular complexity index is 593. The number of hydrogen-bond acceptors (Lipinski definition) is 2. The maximum Gasteiger partial charge on any atom is 0.230 e. The van der Waals surface area contributed by atoms with Crippen molar-refractivity contribution in [3.05, 3.63) is 11.6 Å². The monoisotopic (exact) mass is 372 g/mol. The number of rotatable bonds is 4. The Morgan fingerprint density at radius 3 is 2.67 bits per heavy atom. The van der Waals surface area contributed by atoms with E-state index in [1.54, 1.807) is 0 Å². The van der Waals surface area contributed by atoms with Crippen LogP contribution in [0.15, 0.2) is 11.6 Å². The molecule has 4 nitrogen and oxygen atoms in total. The van der Waals surface area contributed by atoms with Gasteiger partial charge in [-0.25, -0.2) is 0 Å². The van der Waals surface area contributed by atoms with Crippen LogP contribution in [-0.4, -0.2) is 47.8 Å². The number of carbonyl (C=O) groups is 2. The molecule has 150 valence electrons. The molecule has 0 aromatic carbocycles. The minimum atomic E-state index is -0.274. The summed E-state index contributed by atoms with van der Waals surface area (Å²) in [4.78, 5) is 30.3. The second-order valence-corrected chi connectivity index (χ2v) is 9.49. The van der Waals surface area contributed by atoms with Crippen molar-refractivity contribution in [3.63, 3.8) is 0 Å². The van der Waals surface area contributed by atoms with Crippen molar-refractivity contribution in [1.82, 2.24) is 9.80 Å². The van der Waals surface area contributed by atoms with E-state index in [1.807, 2.05) is 4.90 Å². The first-order chi connectivity index (χ1) is 13.2. The Kier molecular flexibility index (Phi) is 5.89. The molecule has 0 radical (unpaired) electrons. The molecule has 2 aliphatic carbocycles. The lowest BCUT2D eigenvalue weighted by Crippen LogP contribution is -2.51. The van der Waals surface area contributed by atoms with Gasteiger partial charge in [-0.2, -0.15) is 0 Å². The Morgan fingerprint density at radius 1 is 1.04 bits per heavy atom. The minimum Gasteiger partial charge on any atom is -0.342 e. The van der Waals surface area contributed by atoms with Crippen molar-refractivity contribution in [2.75, 3.05) is 26.2 Å². The highest BCUT2D eigenvalue weighted by Crippen LogP contribution is 2.41. The van der Waals surface area contributed by atoms with E-state index in [1.165, 1.54) is 50.5 Å². The van der Waals surface area contributed by atoms with Crippen LogP contribution >= 0.6 is 0 Å². The van der Waals surface area contributed by atoms with Gasteiger partial charge in [-0.05, 0) is 63.7 Å². The molecule has 2 amide bonds. The Labute approximate surface area is 164 Å². The fraction of sp³-hybridized carbons (Fsp3) is 0.826. The summed E-state index contributed by atoms with van der Waals surface area (Å²) in [5, 5.41) is 0. The lowest BCUT2D eigenvalue weighted by atomic mass is 9.77. The summed E-state index contributed by atoms with van der Waals surface area (Å²) in [6.07, 6.45) is 17.1. The third kappa shape index (κ3) is 4.25. The molecule has 0 aromatic rings. The molecule has 2 aliphatic heterocycles. The van der Waals surface area contributed by atoms with Gasteiger partial charge in [0.05, 0.1) is 5.41 Å². The summed E-state index contributed by atoms with van der Waals surface area (Å²) in [7, 11) is 0. The molecule has 1 spiro atoms. The zero-order valence-electron chi connectivity index (χ0n) is 16.9. The minimum absolute atomic E-state index is 0.247. The lowest BCUT2D eigenvalue weighted by Gasteiger charge is -2.41. The number of nitrogens with zero attached hydrogens (tertiary/aromatic N) is 2. The summed E-state index contributed by atoms with van der Waals surface area (Å²) in [6.45, 7) is 3.33. The number of likely N-dealkylation sites (tertiary alicyclic amines) is 2. The van der Waals surface area contributed by atoms with Gasteiger partial charge in [0.1, 0.15) is 0 Å². The first kappa shape index (κ1) is 19.0. The van der Waals surface area contributed by atoms with E-state index in [-0.39, 0.29) is 11.3 Å². The van der Waals surface area contributed by atoms with Crippen LogP contribution in [0.3, 0.4) is 0 Å². The molecule has 27 heavy (non-hydrogen) atoms. The SMILES string of the molecule is O=C(CC1=CCCCC1)N1CC[C@@]2(CCCN(CC3CCCCC3)C2=O)C1. The zero-order chi connectivity index (χ0) is 18.7. The molecule has 1 saturated carbocycles. The first-order valence-electron chi connectivity index (χ1n) is 11.4. The van der Waals surface area contributed by atoms with Crippen LogP contribution in [0.4, 0.5) is 0 Å². The quantitative estimate of drug-likeness (QED) is 0.691. The van der Waals surface area contributed by atoms with Gasteiger partial charge >= 0.3 is 0 Å². The molecule has 0 N–H and O–H groups in total. The van der Waals surface area contributed by atoms with E-state index in [0.717, 1.165) is 51.7 Å². The van der Waals surface area contributed by atoms with Gasteiger partial charge in [-0.3, -0.25) is 9.59 Å². The molecule has 4 heteroatoms. The van der Waals surface area contributed by atoms with E-state index in [4.69, 9.17) is 0 Å². The van der Waals surface area contributed by atoms with Crippen LogP contribution in [0.25, 0.3) is 0 Å². The lowest BCUT2D eigenvalue weighted by molar-refractivity contribution is -0.147. The summed E-state index contributed by atoms with van der Waals surface area (Å²) in [5.74, 6) is 1.30. The number of hydrogen-bond donors (Lipinski definition) is 0. The molecule has 0 aromatic heterocycles. The predicted octanol–water partition coefficient (Wildman–Crippen LogP) is 4.30. The van der Waals surface area contributed by atoms with Crippen LogP contribution in [-0.2, 0) is 9.59 Å². The number of piperidine rings is 1. The van der Waals surface area contributed by atoms with Crippen LogP contribution < -0.4 is 0 Å². The van der Waals surface area contributed by atoms with Gasteiger partial charge in [0.2, 0.25) is 11.8 Å². The van der Waals surface area contributed by atoms with Gasteiger partial charge in [0, 0.05) is 32.6 Å². The molecule has 4 aliphatic rings. The number of amides is 2. The van der Waals surface area contributed by atoms with Gasteiger partial charge in [-0.15, -0.1) is 0 Å². The van der Waals surface area contributed by atoms with E-state index < -0.39 is 0 Å². The third-order valence-electron chi connectivity index (χ3n) is 7.50. The van der Waals surface area contributed by atoms with Crippen LogP contribution in [0.5, 0.6) is 0 Å². The van der Waals surface area contributed by atoms with Gasteiger partial charge in [-0.1, -0.05) is 30.9 Å². The standard InChI is InChI=1S/C23H36N2O2/c26-21(16-19-8-3-1-4-9-19)25-15-13-23(18-25)12-7-14-24(22(23)27)17-20-10-5-2-6-11-20/h8,20H,1-7,9-18H2/t23-/m0/s1. The summed E-state index contributed by atoms with van der Waals surface area (Å²) in [5.41, 5.74) is 1.05. The second kappa shape index (κ2) is 8.36. The fourth-order valence-electron chi connectivity index (χ4n) is 5.84. The topological polar surface area (TPSA) is 40.6 Å². The van der Waals surface area contributed by atoms with Crippen LogP contribution in [0.2, 0.25) is 0 Å². The van der Waals surface area contributed by atoms with E-state index in [9.17, 15) is 9.59 Å². The summed E-state index contributed by atoms with van der Waals surface area (Å²) >= 11 is 0. The van der Waals surface area contributed by atoms with Crippen LogP contribution in [0.1, 0.15) is 83.5 Å². The smallest absolute Gasteiger partial charge is 0.230 e. The molecule has 2 saturated heterocycles. The molecule has 2 heterocycles. The molecule has 0 bridgehead atoms. The Morgan fingerprint density at radius 2 is 1.89 bits per heavy atom. The van der Waals surface area contributed by atoms with Gasteiger partial charge in [0.15, 0.2) is 0 Å². The van der Waals surface area contributed by atoms with E-state index in [2.05, 4.69) is 11.0 Å². The fourth-order valence-corrected chi connectivity index (χ4v) is 5.84. The number of allylic oxidation sites excluding steroid dienone is 1. The van der Waals surface area contributed by atoms with Crippen molar-refractivity contribution < 1.29 is 9.59 Å². The van der Waals surface area contributed by atoms with Crippen molar-refractivity contribution in [2.24, 2.45) is 11.3 Å². The zero-order valence-corrected chi connectivity index (χ0v) is 16.9. The largest absolute Gasteiger partial charge is 0.342 e. The molecule has 1 atom stereocenters. The average molecular weight is 373 g/mol. The number of carbonyl (C=O) groups excluding carboxylic acids is 2. The Balaban J connectivity index is 1.35. The van der Waals surface area contributed by atoms with Crippen molar-refractivity contribution in [1.29, 1.82) is 0 Å². The normalized spacial score (nSPS) is 30.1. The van der Waals surface area contributed by atoms with Gasteiger partial charge in [0.25, 0.3) is 0 Å². The molecular weight excluding hydrogens is 336 g/mol.